The fourth-order valence-corrected chi connectivity index (χ4v) is 2.90. The molecule has 3 rings (SSSR count). The zero-order valence-corrected chi connectivity index (χ0v) is 15.7. The third-order valence-corrected chi connectivity index (χ3v) is 4.68. The summed E-state index contributed by atoms with van der Waals surface area (Å²) in [6.45, 7) is 0.610. The monoisotopic (exact) mass is 402 g/mol. The lowest BCUT2D eigenvalue weighted by Gasteiger charge is -2.07. The Hall–Kier alpha value is -2.64. The van der Waals surface area contributed by atoms with Crippen molar-refractivity contribution in [2.45, 2.75) is 11.6 Å². The summed E-state index contributed by atoms with van der Waals surface area (Å²) in [5.74, 6) is 0.287. The summed E-state index contributed by atoms with van der Waals surface area (Å²) in [6.07, 6.45) is 0. The van der Waals surface area contributed by atoms with E-state index in [4.69, 9.17) is 11.6 Å². The van der Waals surface area contributed by atoms with E-state index < -0.39 is 0 Å². The van der Waals surface area contributed by atoms with Crippen LogP contribution in [0.4, 0.5) is 15.9 Å². The summed E-state index contributed by atoms with van der Waals surface area (Å²) in [4.78, 5) is 11.9. The summed E-state index contributed by atoms with van der Waals surface area (Å²) >= 11 is 7.13. The number of halogens is 2. The zero-order valence-electron chi connectivity index (χ0n) is 14.2. The molecule has 0 aliphatic rings. The molecule has 1 aromatic heterocycles. The van der Waals surface area contributed by atoms with Crippen LogP contribution >= 0.6 is 23.4 Å². The Labute approximate surface area is 165 Å². The van der Waals surface area contributed by atoms with Gasteiger partial charge in [0.25, 0.3) is 0 Å². The van der Waals surface area contributed by atoms with Crippen molar-refractivity contribution in [3.05, 3.63) is 77.1 Å². The van der Waals surface area contributed by atoms with Gasteiger partial charge in [-0.3, -0.25) is 4.79 Å². The van der Waals surface area contributed by atoms with Gasteiger partial charge in [-0.25, -0.2) is 4.39 Å². The predicted molar refractivity (Wildman–Crippen MR) is 107 cm³/mol. The van der Waals surface area contributed by atoms with Gasteiger partial charge in [-0.05, 0) is 54.1 Å². The molecule has 0 saturated heterocycles. The van der Waals surface area contributed by atoms with E-state index in [1.165, 1.54) is 36.0 Å². The maximum atomic E-state index is 12.9. The molecule has 0 aliphatic carbocycles. The Morgan fingerprint density at radius 2 is 1.74 bits per heavy atom. The standard InChI is InChI=1S/C19H16ClFN4OS/c20-14-3-1-13(2-4-14)11-22-17-9-10-19(25-24-17)27-12-18(26)23-16-7-5-15(21)6-8-16/h1-10H,11-12H2,(H,22,24)(H,23,26). The van der Waals surface area contributed by atoms with Crippen molar-refractivity contribution in [1.29, 1.82) is 0 Å². The first-order valence-electron chi connectivity index (χ1n) is 8.09. The number of anilines is 2. The number of carbonyl (C=O) groups excluding carboxylic acids is 1. The van der Waals surface area contributed by atoms with E-state index in [9.17, 15) is 9.18 Å². The molecule has 0 radical (unpaired) electrons. The van der Waals surface area contributed by atoms with Crippen LogP contribution in [0.15, 0.2) is 65.7 Å². The minimum absolute atomic E-state index is 0.184. The van der Waals surface area contributed by atoms with Crippen LogP contribution in [0.1, 0.15) is 5.56 Å². The van der Waals surface area contributed by atoms with Crippen molar-refractivity contribution >= 4 is 40.8 Å². The van der Waals surface area contributed by atoms with Crippen LogP contribution in [0.2, 0.25) is 5.02 Å². The maximum absolute atomic E-state index is 12.9. The number of aromatic nitrogens is 2. The van der Waals surface area contributed by atoms with Gasteiger partial charge in [0.2, 0.25) is 5.91 Å². The van der Waals surface area contributed by atoms with Crippen molar-refractivity contribution in [2.75, 3.05) is 16.4 Å². The Kier molecular flexibility index (Phi) is 6.62. The molecule has 0 fully saturated rings. The molecule has 0 aliphatic heterocycles. The molecule has 0 bridgehead atoms. The molecule has 2 aromatic carbocycles. The van der Waals surface area contributed by atoms with E-state index in [2.05, 4.69) is 20.8 Å². The number of carbonyl (C=O) groups is 1. The van der Waals surface area contributed by atoms with Crippen molar-refractivity contribution in [3.63, 3.8) is 0 Å². The summed E-state index contributed by atoms with van der Waals surface area (Å²) < 4.78 is 12.9. The van der Waals surface area contributed by atoms with Gasteiger partial charge in [-0.1, -0.05) is 35.5 Å². The van der Waals surface area contributed by atoms with E-state index in [-0.39, 0.29) is 17.5 Å². The molecule has 3 aromatic rings. The quantitative estimate of drug-likeness (QED) is 0.565. The second-order valence-corrected chi connectivity index (χ2v) is 7.01. The first kappa shape index (κ1) is 19.1. The number of benzene rings is 2. The fourth-order valence-electron chi connectivity index (χ4n) is 2.16. The Morgan fingerprint density at radius 1 is 1.00 bits per heavy atom. The molecule has 8 heteroatoms. The molecule has 0 saturated carbocycles. The van der Waals surface area contributed by atoms with Crippen LogP contribution in [0.25, 0.3) is 0 Å². The third-order valence-electron chi connectivity index (χ3n) is 3.51. The van der Waals surface area contributed by atoms with Crippen LogP contribution < -0.4 is 10.6 Å². The van der Waals surface area contributed by atoms with Gasteiger partial charge in [0, 0.05) is 17.3 Å². The predicted octanol–water partition coefficient (Wildman–Crippen LogP) is 4.61. The van der Waals surface area contributed by atoms with Crippen molar-refractivity contribution < 1.29 is 9.18 Å². The van der Waals surface area contributed by atoms with E-state index >= 15 is 0 Å². The summed E-state index contributed by atoms with van der Waals surface area (Å²) in [5, 5.41) is 15.4. The van der Waals surface area contributed by atoms with Crippen LogP contribution in [0.3, 0.4) is 0 Å². The highest BCUT2D eigenvalue weighted by Gasteiger charge is 2.06. The lowest BCUT2D eigenvalue weighted by atomic mass is 10.2. The molecule has 0 unspecified atom stereocenters. The molecule has 138 valence electrons. The Balaban J connectivity index is 1.45. The highest BCUT2D eigenvalue weighted by Crippen LogP contribution is 2.17. The van der Waals surface area contributed by atoms with Gasteiger partial charge >= 0.3 is 0 Å². The minimum Gasteiger partial charge on any atom is -0.365 e. The number of rotatable bonds is 7. The van der Waals surface area contributed by atoms with Crippen LogP contribution in [0.5, 0.6) is 0 Å². The third kappa shape index (κ3) is 6.23. The molecule has 5 nitrogen and oxygen atoms in total. The first-order valence-corrected chi connectivity index (χ1v) is 9.45. The summed E-state index contributed by atoms with van der Waals surface area (Å²) in [6, 6.07) is 16.8. The average Bonchev–Trinajstić information content (AvgIpc) is 2.68. The summed E-state index contributed by atoms with van der Waals surface area (Å²) in [5.41, 5.74) is 1.63. The second-order valence-electron chi connectivity index (χ2n) is 5.58. The van der Waals surface area contributed by atoms with E-state index in [1.807, 2.05) is 30.3 Å². The number of hydrogen-bond donors (Lipinski definition) is 2. The lowest BCUT2D eigenvalue weighted by Crippen LogP contribution is -2.14. The smallest absolute Gasteiger partial charge is 0.234 e. The van der Waals surface area contributed by atoms with Gasteiger partial charge < -0.3 is 10.6 Å². The van der Waals surface area contributed by atoms with E-state index in [0.29, 0.717) is 28.1 Å². The van der Waals surface area contributed by atoms with E-state index in [1.54, 1.807) is 6.07 Å². The van der Waals surface area contributed by atoms with Gasteiger partial charge in [0.05, 0.1) is 5.75 Å². The summed E-state index contributed by atoms with van der Waals surface area (Å²) in [7, 11) is 0. The molecular formula is C19H16ClFN4OS. The SMILES string of the molecule is O=C(CSc1ccc(NCc2ccc(Cl)cc2)nn1)Nc1ccc(F)cc1. The van der Waals surface area contributed by atoms with Crippen LogP contribution in [-0.2, 0) is 11.3 Å². The van der Waals surface area contributed by atoms with Gasteiger partial charge in [0.15, 0.2) is 0 Å². The van der Waals surface area contributed by atoms with Gasteiger partial charge in [-0.2, -0.15) is 0 Å². The normalized spacial score (nSPS) is 10.4. The second kappa shape index (κ2) is 9.34. The number of hydrogen-bond acceptors (Lipinski definition) is 5. The molecule has 0 atom stereocenters. The number of thioether (sulfide) groups is 1. The maximum Gasteiger partial charge on any atom is 0.234 e. The molecular weight excluding hydrogens is 387 g/mol. The van der Waals surface area contributed by atoms with Crippen LogP contribution in [0, 0.1) is 5.82 Å². The number of nitrogens with zero attached hydrogens (tertiary/aromatic N) is 2. The number of nitrogens with one attached hydrogen (secondary N) is 2. The highest BCUT2D eigenvalue weighted by molar-refractivity contribution is 7.99. The molecule has 0 spiro atoms. The van der Waals surface area contributed by atoms with Gasteiger partial charge in [-0.15, -0.1) is 10.2 Å². The van der Waals surface area contributed by atoms with Crippen molar-refractivity contribution in [3.8, 4) is 0 Å². The average molecular weight is 403 g/mol. The lowest BCUT2D eigenvalue weighted by molar-refractivity contribution is -0.113. The number of amides is 1. The first-order chi connectivity index (χ1) is 13.1. The van der Waals surface area contributed by atoms with Crippen molar-refractivity contribution in [1.82, 2.24) is 10.2 Å². The van der Waals surface area contributed by atoms with E-state index in [0.717, 1.165) is 5.56 Å². The largest absolute Gasteiger partial charge is 0.365 e. The highest BCUT2D eigenvalue weighted by atomic mass is 35.5. The topological polar surface area (TPSA) is 66.9 Å². The van der Waals surface area contributed by atoms with Crippen LogP contribution in [-0.4, -0.2) is 21.9 Å². The van der Waals surface area contributed by atoms with Gasteiger partial charge in [0.1, 0.15) is 16.7 Å². The fraction of sp³-hybridized carbons (Fsp3) is 0.105. The Bertz CT molecular complexity index is 889. The minimum atomic E-state index is -0.345. The molecule has 27 heavy (non-hydrogen) atoms. The Morgan fingerprint density at radius 3 is 2.41 bits per heavy atom. The van der Waals surface area contributed by atoms with Crippen molar-refractivity contribution in [2.24, 2.45) is 0 Å². The molecule has 1 heterocycles. The molecule has 1 amide bonds. The molecule has 2 N–H and O–H groups in total. The zero-order chi connectivity index (χ0) is 19.1.